The number of aryl methyl sites for hydroxylation is 1. The maximum absolute atomic E-state index is 11.6. The summed E-state index contributed by atoms with van der Waals surface area (Å²) in [5.41, 5.74) is 8.05. The van der Waals surface area contributed by atoms with Crippen molar-refractivity contribution in [1.82, 2.24) is 10.4 Å². The molecule has 0 saturated carbocycles. The Morgan fingerprint density at radius 2 is 2.10 bits per heavy atom. The molecule has 1 amide bonds. The molecule has 0 atom stereocenters. The fourth-order valence-corrected chi connectivity index (χ4v) is 1.97. The van der Waals surface area contributed by atoms with Gasteiger partial charge in [0.2, 0.25) is 5.91 Å². The zero-order valence-corrected chi connectivity index (χ0v) is 12.4. The minimum Gasteiger partial charge on any atom is -0.497 e. The van der Waals surface area contributed by atoms with Crippen LogP contribution in [-0.2, 0) is 9.53 Å². The Hall–Kier alpha value is -2.34. The van der Waals surface area contributed by atoms with Crippen LogP contribution in [0.4, 0.5) is 5.69 Å². The minimum atomic E-state index is -0.132. The topological polar surface area (TPSA) is 72.5 Å². The summed E-state index contributed by atoms with van der Waals surface area (Å²) in [4.78, 5) is 16.1. The molecular weight excluding hydrogens is 270 g/mol. The van der Waals surface area contributed by atoms with Crippen molar-refractivity contribution in [2.24, 2.45) is 0 Å². The van der Waals surface area contributed by atoms with Gasteiger partial charge in [-0.05, 0) is 25.1 Å². The lowest BCUT2D eigenvalue weighted by Crippen LogP contribution is -2.30. The van der Waals surface area contributed by atoms with Crippen LogP contribution in [0.1, 0.15) is 12.1 Å². The van der Waals surface area contributed by atoms with Crippen LogP contribution >= 0.6 is 0 Å². The van der Waals surface area contributed by atoms with E-state index in [0.29, 0.717) is 13.0 Å². The molecule has 0 aliphatic heterocycles. The molecule has 1 heterocycles. The van der Waals surface area contributed by atoms with E-state index in [9.17, 15) is 4.79 Å². The molecule has 21 heavy (non-hydrogen) atoms. The largest absolute Gasteiger partial charge is 0.497 e. The lowest BCUT2D eigenvalue weighted by molar-refractivity contribution is -0.121. The van der Waals surface area contributed by atoms with Gasteiger partial charge in [-0.15, -0.1) is 0 Å². The van der Waals surface area contributed by atoms with E-state index in [-0.39, 0.29) is 5.91 Å². The number of nitrogens with one attached hydrogen (secondary N) is 2. The first-order chi connectivity index (χ1) is 10.1. The number of benzene rings is 1. The number of methoxy groups -OCH3 is 2. The molecule has 0 aliphatic carbocycles. The van der Waals surface area contributed by atoms with Crippen molar-refractivity contribution in [3.63, 3.8) is 0 Å². The van der Waals surface area contributed by atoms with Crippen LogP contribution in [0.3, 0.4) is 0 Å². The number of ether oxygens (including phenoxy) is 2. The normalized spacial score (nSPS) is 10.4. The van der Waals surface area contributed by atoms with Gasteiger partial charge < -0.3 is 9.47 Å². The lowest BCUT2D eigenvalue weighted by Gasteiger charge is -2.12. The summed E-state index contributed by atoms with van der Waals surface area (Å²) in [6.07, 6.45) is 0.305. The van der Waals surface area contributed by atoms with Crippen LogP contribution in [-0.4, -0.2) is 31.7 Å². The van der Waals surface area contributed by atoms with Crippen molar-refractivity contribution in [2.45, 2.75) is 13.3 Å². The molecule has 112 valence electrons. The summed E-state index contributed by atoms with van der Waals surface area (Å²) >= 11 is 0. The summed E-state index contributed by atoms with van der Waals surface area (Å²) < 4.78 is 10.1. The number of aromatic nitrogens is 1. The van der Waals surface area contributed by atoms with Crippen LogP contribution in [0.25, 0.3) is 10.9 Å². The fraction of sp³-hybridized carbons (Fsp3) is 0.333. The molecule has 0 saturated heterocycles. The molecule has 2 rings (SSSR count). The van der Waals surface area contributed by atoms with Crippen LogP contribution in [0.15, 0.2) is 24.3 Å². The van der Waals surface area contributed by atoms with Gasteiger partial charge in [-0.1, -0.05) is 0 Å². The van der Waals surface area contributed by atoms with E-state index in [1.807, 2.05) is 31.2 Å². The first-order valence-electron chi connectivity index (χ1n) is 6.63. The van der Waals surface area contributed by atoms with Crippen LogP contribution in [0.5, 0.6) is 5.75 Å². The van der Waals surface area contributed by atoms with Crippen LogP contribution in [0.2, 0.25) is 0 Å². The van der Waals surface area contributed by atoms with Gasteiger partial charge in [0.25, 0.3) is 0 Å². The van der Waals surface area contributed by atoms with Gasteiger partial charge in [0, 0.05) is 24.3 Å². The third-order valence-electron chi connectivity index (χ3n) is 3.01. The zero-order valence-electron chi connectivity index (χ0n) is 12.4. The van der Waals surface area contributed by atoms with E-state index in [0.717, 1.165) is 28.0 Å². The maximum atomic E-state index is 11.6. The average molecular weight is 289 g/mol. The molecule has 6 heteroatoms. The highest BCUT2D eigenvalue weighted by atomic mass is 16.5. The number of hydrazine groups is 1. The number of nitrogens with zero attached hydrogens (tertiary/aromatic N) is 1. The van der Waals surface area contributed by atoms with Crippen LogP contribution < -0.4 is 15.6 Å². The van der Waals surface area contributed by atoms with Crippen molar-refractivity contribution in [1.29, 1.82) is 0 Å². The number of amides is 1. The number of hydrogen-bond donors (Lipinski definition) is 2. The van der Waals surface area contributed by atoms with Gasteiger partial charge in [-0.25, -0.2) is 0 Å². The standard InChI is InChI=1S/C15H19N3O3/c1-10-8-14(17-18-15(19)6-7-20-2)12-5-4-11(21-3)9-13(12)16-10/h4-5,8-9H,6-7H2,1-3H3,(H,16,17)(H,18,19). The molecule has 0 unspecified atom stereocenters. The van der Waals surface area contributed by atoms with E-state index in [1.165, 1.54) is 0 Å². The van der Waals surface area contributed by atoms with E-state index < -0.39 is 0 Å². The summed E-state index contributed by atoms with van der Waals surface area (Å²) in [5, 5.41) is 0.911. The second-order valence-electron chi connectivity index (χ2n) is 4.61. The van der Waals surface area contributed by atoms with E-state index >= 15 is 0 Å². The highest BCUT2D eigenvalue weighted by Crippen LogP contribution is 2.26. The number of carbonyl (C=O) groups excluding carboxylic acids is 1. The minimum absolute atomic E-state index is 0.132. The molecule has 0 aliphatic rings. The first kappa shape index (κ1) is 15.1. The van der Waals surface area contributed by atoms with Gasteiger partial charge in [0.05, 0.1) is 31.3 Å². The molecule has 0 spiro atoms. The Morgan fingerprint density at radius 3 is 2.81 bits per heavy atom. The van der Waals surface area contributed by atoms with Crippen molar-refractivity contribution >= 4 is 22.5 Å². The summed E-state index contributed by atoms with van der Waals surface area (Å²) in [7, 11) is 3.18. The maximum Gasteiger partial charge on any atom is 0.240 e. The fourth-order valence-electron chi connectivity index (χ4n) is 1.97. The number of pyridine rings is 1. The monoisotopic (exact) mass is 289 g/mol. The van der Waals surface area contributed by atoms with Crippen molar-refractivity contribution in [3.05, 3.63) is 30.0 Å². The molecule has 1 aromatic carbocycles. The van der Waals surface area contributed by atoms with Gasteiger partial charge in [0.15, 0.2) is 0 Å². The Bertz CT molecular complexity index is 643. The molecule has 1 aromatic heterocycles. The summed E-state index contributed by atoms with van der Waals surface area (Å²) in [6, 6.07) is 7.51. The molecule has 0 fully saturated rings. The predicted molar refractivity (Wildman–Crippen MR) is 81.3 cm³/mol. The Balaban J connectivity index is 2.20. The average Bonchev–Trinajstić information content (AvgIpc) is 2.49. The summed E-state index contributed by atoms with van der Waals surface area (Å²) in [5.74, 6) is 0.614. The molecule has 0 radical (unpaired) electrons. The van der Waals surface area contributed by atoms with Gasteiger partial charge in [-0.2, -0.15) is 0 Å². The number of carbonyl (C=O) groups is 1. The Morgan fingerprint density at radius 1 is 1.29 bits per heavy atom. The quantitative estimate of drug-likeness (QED) is 0.796. The Labute approximate surface area is 123 Å². The van der Waals surface area contributed by atoms with E-state index in [4.69, 9.17) is 9.47 Å². The SMILES string of the molecule is COCCC(=O)NNc1cc(C)nc2cc(OC)ccc12. The van der Waals surface area contributed by atoms with Crippen molar-refractivity contribution in [3.8, 4) is 5.75 Å². The second kappa shape index (κ2) is 6.90. The Kier molecular flexibility index (Phi) is 4.94. The molecule has 2 N–H and O–H groups in total. The number of rotatable bonds is 6. The van der Waals surface area contributed by atoms with Crippen molar-refractivity contribution in [2.75, 3.05) is 26.3 Å². The lowest BCUT2D eigenvalue weighted by atomic mass is 10.1. The molecule has 2 aromatic rings. The van der Waals surface area contributed by atoms with Gasteiger partial charge >= 0.3 is 0 Å². The molecular formula is C15H19N3O3. The van der Waals surface area contributed by atoms with Crippen molar-refractivity contribution < 1.29 is 14.3 Å². The number of hydrogen-bond acceptors (Lipinski definition) is 5. The number of fused-ring (bicyclic) bond motifs is 1. The zero-order chi connectivity index (χ0) is 15.2. The third-order valence-corrected chi connectivity index (χ3v) is 3.01. The smallest absolute Gasteiger partial charge is 0.240 e. The highest BCUT2D eigenvalue weighted by Gasteiger charge is 2.07. The van der Waals surface area contributed by atoms with Crippen LogP contribution in [0, 0.1) is 6.92 Å². The number of anilines is 1. The molecule has 0 bridgehead atoms. The first-order valence-corrected chi connectivity index (χ1v) is 6.63. The van der Waals surface area contributed by atoms with E-state index in [2.05, 4.69) is 15.8 Å². The van der Waals surface area contributed by atoms with Gasteiger partial charge in [0.1, 0.15) is 5.75 Å². The van der Waals surface area contributed by atoms with E-state index in [1.54, 1.807) is 14.2 Å². The predicted octanol–water partition coefficient (Wildman–Crippen LogP) is 2.03. The van der Waals surface area contributed by atoms with Gasteiger partial charge in [-0.3, -0.25) is 20.6 Å². The highest BCUT2D eigenvalue weighted by molar-refractivity contribution is 5.93. The third kappa shape index (κ3) is 3.82. The second-order valence-corrected chi connectivity index (χ2v) is 4.61. The molecule has 6 nitrogen and oxygen atoms in total. The summed E-state index contributed by atoms with van der Waals surface area (Å²) in [6.45, 7) is 2.29.